The fourth-order valence-electron chi connectivity index (χ4n) is 2.55. The minimum absolute atomic E-state index is 0.0623. The van der Waals surface area contributed by atoms with E-state index in [1.54, 1.807) is 12.1 Å². The molecule has 0 spiro atoms. The minimum atomic E-state index is -0.0623. The lowest BCUT2D eigenvalue weighted by molar-refractivity contribution is 0.0632. The number of likely N-dealkylation sites (N-methyl/N-ethyl adjacent to an activating group) is 1. The molecule has 1 heterocycles. The standard InChI is InChI=1S/C15H22N2O2/c1-11-6-7-14(18)13(9-11)15(19)17-8-4-5-12(10-17)16(2)3/h6-7,9,12,18H,4-5,8,10H2,1-3H3. The van der Waals surface area contributed by atoms with Crippen LogP contribution in [-0.4, -0.2) is 54.0 Å². The Kier molecular flexibility index (Phi) is 4.10. The van der Waals surface area contributed by atoms with E-state index in [9.17, 15) is 9.90 Å². The normalized spacial score (nSPS) is 19.8. The van der Waals surface area contributed by atoms with Crippen molar-refractivity contribution in [1.29, 1.82) is 0 Å². The average molecular weight is 262 g/mol. The first-order valence-corrected chi connectivity index (χ1v) is 6.74. The lowest BCUT2D eigenvalue weighted by atomic mass is 10.0. The third-order valence-corrected chi connectivity index (χ3v) is 3.80. The van der Waals surface area contributed by atoms with Crippen LogP contribution in [0.4, 0.5) is 0 Å². The molecule has 0 aromatic heterocycles. The quantitative estimate of drug-likeness (QED) is 0.885. The first-order valence-electron chi connectivity index (χ1n) is 6.74. The van der Waals surface area contributed by atoms with Gasteiger partial charge in [0.05, 0.1) is 5.56 Å². The Morgan fingerprint density at radius 3 is 2.84 bits per heavy atom. The maximum atomic E-state index is 12.5. The van der Waals surface area contributed by atoms with Gasteiger partial charge in [-0.25, -0.2) is 0 Å². The fraction of sp³-hybridized carbons (Fsp3) is 0.533. The number of amides is 1. The van der Waals surface area contributed by atoms with Crippen LogP contribution in [0.15, 0.2) is 18.2 Å². The van der Waals surface area contributed by atoms with Crippen molar-refractivity contribution in [1.82, 2.24) is 9.80 Å². The lowest BCUT2D eigenvalue weighted by Gasteiger charge is -2.36. The highest BCUT2D eigenvalue weighted by Crippen LogP contribution is 2.22. The Labute approximate surface area is 114 Å². The van der Waals surface area contributed by atoms with E-state index in [4.69, 9.17) is 0 Å². The number of rotatable bonds is 2. The van der Waals surface area contributed by atoms with E-state index in [2.05, 4.69) is 4.90 Å². The van der Waals surface area contributed by atoms with Gasteiger partial charge in [0, 0.05) is 19.1 Å². The van der Waals surface area contributed by atoms with Crippen LogP contribution in [0.5, 0.6) is 5.75 Å². The molecule has 1 aromatic rings. The van der Waals surface area contributed by atoms with Gasteiger partial charge in [0.1, 0.15) is 5.75 Å². The van der Waals surface area contributed by atoms with Gasteiger partial charge in [-0.05, 0) is 46.0 Å². The predicted molar refractivity (Wildman–Crippen MR) is 75.5 cm³/mol. The third kappa shape index (κ3) is 3.07. The smallest absolute Gasteiger partial charge is 0.257 e. The molecular weight excluding hydrogens is 240 g/mol. The number of nitrogens with zero attached hydrogens (tertiary/aromatic N) is 2. The van der Waals surface area contributed by atoms with Crippen molar-refractivity contribution in [2.75, 3.05) is 27.2 Å². The van der Waals surface area contributed by atoms with Gasteiger partial charge in [-0.2, -0.15) is 0 Å². The summed E-state index contributed by atoms with van der Waals surface area (Å²) in [6.07, 6.45) is 2.14. The molecule has 1 fully saturated rings. The summed E-state index contributed by atoms with van der Waals surface area (Å²) in [4.78, 5) is 16.5. The highest BCUT2D eigenvalue weighted by molar-refractivity contribution is 5.97. The van der Waals surface area contributed by atoms with Crippen LogP contribution in [0.25, 0.3) is 0 Å². The zero-order valence-electron chi connectivity index (χ0n) is 11.9. The summed E-state index contributed by atoms with van der Waals surface area (Å²) in [6, 6.07) is 5.57. The van der Waals surface area contributed by atoms with E-state index in [1.165, 1.54) is 0 Å². The lowest BCUT2D eigenvalue weighted by Crippen LogP contribution is -2.47. The van der Waals surface area contributed by atoms with Gasteiger partial charge in [0.15, 0.2) is 0 Å². The summed E-state index contributed by atoms with van der Waals surface area (Å²) < 4.78 is 0. The summed E-state index contributed by atoms with van der Waals surface area (Å²) in [5.74, 6) is 0.00956. The molecule has 2 rings (SSSR count). The predicted octanol–water partition coefficient (Wildman–Crippen LogP) is 1.87. The van der Waals surface area contributed by atoms with Crippen molar-refractivity contribution in [2.24, 2.45) is 0 Å². The van der Waals surface area contributed by atoms with Gasteiger partial charge in [-0.15, -0.1) is 0 Å². The topological polar surface area (TPSA) is 43.8 Å². The van der Waals surface area contributed by atoms with Crippen molar-refractivity contribution in [2.45, 2.75) is 25.8 Å². The van der Waals surface area contributed by atoms with Gasteiger partial charge in [0.2, 0.25) is 0 Å². The van der Waals surface area contributed by atoms with Crippen LogP contribution in [0, 0.1) is 6.92 Å². The van der Waals surface area contributed by atoms with Gasteiger partial charge < -0.3 is 14.9 Å². The third-order valence-electron chi connectivity index (χ3n) is 3.80. The van der Waals surface area contributed by atoms with Crippen LogP contribution in [0.2, 0.25) is 0 Å². The van der Waals surface area contributed by atoms with E-state index < -0.39 is 0 Å². The SMILES string of the molecule is Cc1ccc(O)c(C(=O)N2CCCC(N(C)C)C2)c1. The van der Waals surface area contributed by atoms with Crippen molar-refractivity contribution < 1.29 is 9.90 Å². The number of hydrogen-bond donors (Lipinski definition) is 1. The van der Waals surface area contributed by atoms with E-state index in [0.29, 0.717) is 11.6 Å². The largest absolute Gasteiger partial charge is 0.507 e. The molecule has 1 atom stereocenters. The molecule has 1 unspecified atom stereocenters. The van der Waals surface area contributed by atoms with Crippen molar-refractivity contribution in [3.05, 3.63) is 29.3 Å². The molecule has 1 aromatic carbocycles. The summed E-state index contributed by atoms with van der Waals surface area (Å²) in [5.41, 5.74) is 1.40. The second-order valence-corrected chi connectivity index (χ2v) is 5.53. The molecule has 4 heteroatoms. The second-order valence-electron chi connectivity index (χ2n) is 5.53. The minimum Gasteiger partial charge on any atom is -0.507 e. The summed E-state index contributed by atoms with van der Waals surface area (Å²) in [5, 5.41) is 9.85. The highest BCUT2D eigenvalue weighted by Gasteiger charge is 2.26. The Morgan fingerprint density at radius 2 is 2.16 bits per heavy atom. The van der Waals surface area contributed by atoms with Gasteiger partial charge in [0.25, 0.3) is 5.91 Å². The number of likely N-dealkylation sites (tertiary alicyclic amines) is 1. The van der Waals surface area contributed by atoms with Crippen LogP contribution in [-0.2, 0) is 0 Å². The summed E-state index contributed by atoms with van der Waals surface area (Å²) in [7, 11) is 4.09. The highest BCUT2D eigenvalue weighted by atomic mass is 16.3. The zero-order chi connectivity index (χ0) is 14.0. The first-order chi connectivity index (χ1) is 8.99. The number of benzene rings is 1. The van der Waals surface area contributed by atoms with Crippen molar-refractivity contribution in [3.8, 4) is 5.75 Å². The van der Waals surface area contributed by atoms with Gasteiger partial charge in [-0.3, -0.25) is 4.79 Å². The molecule has 0 saturated carbocycles. The molecule has 0 radical (unpaired) electrons. The molecule has 0 bridgehead atoms. The number of carbonyl (C=O) groups excluding carboxylic acids is 1. The number of phenols is 1. The van der Waals surface area contributed by atoms with Gasteiger partial charge in [-0.1, -0.05) is 11.6 Å². The molecule has 1 aliphatic rings. The molecule has 1 amide bonds. The number of piperidine rings is 1. The maximum Gasteiger partial charge on any atom is 0.257 e. The zero-order valence-corrected chi connectivity index (χ0v) is 11.9. The van der Waals surface area contributed by atoms with Crippen LogP contribution >= 0.6 is 0 Å². The molecule has 1 saturated heterocycles. The summed E-state index contributed by atoms with van der Waals surface area (Å²) >= 11 is 0. The Morgan fingerprint density at radius 1 is 1.42 bits per heavy atom. The van der Waals surface area contributed by atoms with Crippen LogP contribution in [0.3, 0.4) is 0 Å². The van der Waals surface area contributed by atoms with Crippen molar-refractivity contribution >= 4 is 5.91 Å². The summed E-state index contributed by atoms with van der Waals surface area (Å²) in [6.45, 7) is 3.44. The van der Waals surface area contributed by atoms with E-state index in [-0.39, 0.29) is 11.7 Å². The van der Waals surface area contributed by atoms with E-state index in [0.717, 1.165) is 31.5 Å². The molecular formula is C15H22N2O2. The van der Waals surface area contributed by atoms with Crippen molar-refractivity contribution in [3.63, 3.8) is 0 Å². The Balaban J connectivity index is 2.17. The number of phenolic OH excluding ortho intramolecular Hbond substituents is 1. The van der Waals surface area contributed by atoms with E-state index in [1.807, 2.05) is 32.0 Å². The Bertz CT molecular complexity index is 471. The number of hydrogen-bond acceptors (Lipinski definition) is 3. The number of aromatic hydroxyl groups is 1. The maximum absolute atomic E-state index is 12.5. The molecule has 0 aliphatic carbocycles. The van der Waals surface area contributed by atoms with E-state index >= 15 is 0 Å². The monoisotopic (exact) mass is 262 g/mol. The fourth-order valence-corrected chi connectivity index (χ4v) is 2.55. The molecule has 1 aliphatic heterocycles. The van der Waals surface area contributed by atoms with Crippen LogP contribution in [0.1, 0.15) is 28.8 Å². The molecule has 104 valence electrons. The second kappa shape index (κ2) is 5.61. The molecule has 1 N–H and O–H groups in total. The number of carbonyl (C=O) groups is 1. The first kappa shape index (κ1) is 13.9. The Hall–Kier alpha value is -1.55. The number of aryl methyl sites for hydroxylation is 1. The van der Waals surface area contributed by atoms with Crippen LogP contribution < -0.4 is 0 Å². The molecule has 4 nitrogen and oxygen atoms in total. The average Bonchev–Trinajstić information content (AvgIpc) is 2.41. The van der Waals surface area contributed by atoms with Gasteiger partial charge >= 0.3 is 0 Å². The molecule has 19 heavy (non-hydrogen) atoms.